The molecule has 0 atom stereocenters. The van der Waals surface area contributed by atoms with Crippen molar-refractivity contribution < 1.29 is 0 Å². The number of anilines is 1. The van der Waals surface area contributed by atoms with E-state index in [0.29, 0.717) is 0 Å². The Hall–Kier alpha value is -1.02. The third kappa shape index (κ3) is 2.96. The maximum Gasteiger partial charge on any atom is 0.0396 e. The second kappa shape index (κ2) is 5.17. The molecule has 0 aliphatic heterocycles. The molecule has 0 saturated carbocycles. The van der Waals surface area contributed by atoms with E-state index in [1.807, 2.05) is 0 Å². The fourth-order valence-corrected chi connectivity index (χ4v) is 1.77. The average Bonchev–Trinajstić information content (AvgIpc) is 2.19. The Morgan fingerprint density at radius 1 is 1.13 bits per heavy atom. The van der Waals surface area contributed by atoms with E-state index in [1.54, 1.807) is 0 Å². The molecule has 0 spiro atoms. The highest BCUT2D eigenvalue weighted by atomic mass is 15.1. The van der Waals surface area contributed by atoms with E-state index in [2.05, 4.69) is 45.0 Å². The van der Waals surface area contributed by atoms with Gasteiger partial charge in [0.05, 0.1) is 0 Å². The molecule has 1 rings (SSSR count). The number of aryl methyl sites for hydroxylation is 3. The molecule has 0 aliphatic carbocycles. The monoisotopic (exact) mass is 206 g/mol. The molecule has 0 unspecified atom stereocenters. The van der Waals surface area contributed by atoms with E-state index >= 15 is 0 Å². The van der Waals surface area contributed by atoms with Crippen molar-refractivity contribution >= 4 is 5.69 Å². The largest absolute Gasteiger partial charge is 0.377 e. The van der Waals surface area contributed by atoms with Gasteiger partial charge in [-0.15, -0.1) is 0 Å². The number of rotatable bonds is 4. The standard InChI is InChI=1S/C13H22N2/c1-10-8-12(6-5-7-14)13(15(3)4)9-11(10)2/h8-9H,5-7,14H2,1-4H3. The Labute approximate surface area is 93.1 Å². The zero-order valence-corrected chi connectivity index (χ0v) is 10.3. The van der Waals surface area contributed by atoms with Gasteiger partial charge in [-0.25, -0.2) is 0 Å². The third-order valence-corrected chi connectivity index (χ3v) is 2.83. The molecule has 0 amide bonds. The predicted molar refractivity (Wildman–Crippen MR) is 67.6 cm³/mol. The molecule has 1 aromatic rings. The van der Waals surface area contributed by atoms with Crippen LogP contribution in [0.25, 0.3) is 0 Å². The molecule has 0 bridgehead atoms. The molecule has 0 heterocycles. The first-order chi connectivity index (χ1) is 7.06. The number of nitrogens with zero attached hydrogens (tertiary/aromatic N) is 1. The maximum absolute atomic E-state index is 5.56. The van der Waals surface area contributed by atoms with Crippen LogP contribution in [0.1, 0.15) is 23.1 Å². The SMILES string of the molecule is Cc1cc(CCCN)c(N(C)C)cc1C. The topological polar surface area (TPSA) is 29.3 Å². The van der Waals surface area contributed by atoms with Gasteiger partial charge in [0.15, 0.2) is 0 Å². The minimum absolute atomic E-state index is 0.764. The van der Waals surface area contributed by atoms with E-state index in [1.165, 1.54) is 22.4 Å². The first-order valence-corrected chi connectivity index (χ1v) is 5.53. The quantitative estimate of drug-likeness (QED) is 0.818. The fraction of sp³-hybridized carbons (Fsp3) is 0.538. The van der Waals surface area contributed by atoms with E-state index in [-0.39, 0.29) is 0 Å². The van der Waals surface area contributed by atoms with Crippen LogP contribution in [-0.4, -0.2) is 20.6 Å². The van der Waals surface area contributed by atoms with Crippen molar-refractivity contribution in [2.24, 2.45) is 5.73 Å². The smallest absolute Gasteiger partial charge is 0.0396 e. The summed E-state index contributed by atoms with van der Waals surface area (Å²) in [4.78, 5) is 2.18. The Kier molecular flexibility index (Phi) is 4.15. The first-order valence-electron chi connectivity index (χ1n) is 5.53. The Morgan fingerprint density at radius 3 is 2.27 bits per heavy atom. The zero-order chi connectivity index (χ0) is 11.4. The van der Waals surface area contributed by atoms with Gasteiger partial charge in [-0.1, -0.05) is 6.07 Å². The second-order valence-corrected chi connectivity index (χ2v) is 4.35. The molecule has 0 aliphatic rings. The van der Waals surface area contributed by atoms with Crippen molar-refractivity contribution in [1.29, 1.82) is 0 Å². The molecular formula is C13H22N2. The van der Waals surface area contributed by atoms with Crippen molar-refractivity contribution in [3.05, 3.63) is 28.8 Å². The third-order valence-electron chi connectivity index (χ3n) is 2.83. The van der Waals surface area contributed by atoms with Gasteiger partial charge < -0.3 is 10.6 Å². The Morgan fingerprint density at radius 2 is 1.73 bits per heavy atom. The van der Waals surface area contributed by atoms with Crippen LogP contribution in [0.2, 0.25) is 0 Å². The normalized spacial score (nSPS) is 10.5. The highest BCUT2D eigenvalue weighted by Gasteiger charge is 2.06. The minimum atomic E-state index is 0.764. The van der Waals surface area contributed by atoms with Crippen LogP contribution in [0, 0.1) is 13.8 Å². The van der Waals surface area contributed by atoms with Gasteiger partial charge in [0, 0.05) is 19.8 Å². The molecule has 84 valence electrons. The summed E-state index contributed by atoms with van der Waals surface area (Å²) in [6.45, 7) is 5.09. The summed E-state index contributed by atoms with van der Waals surface area (Å²) in [7, 11) is 4.19. The minimum Gasteiger partial charge on any atom is -0.377 e. The number of nitrogens with two attached hydrogens (primary N) is 1. The Bertz CT molecular complexity index is 330. The van der Waals surface area contributed by atoms with Crippen LogP contribution < -0.4 is 10.6 Å². The van der Waals surface area contributed by atoms with E-state index < -0.39 is 0 Å². The second-order valence-electron chi connectivity index (χ2n) is 4.35. The van der Waals surface area contributed by atoms with Gasteiger partial charge in [0.25, 0.3) is 0 Å². The highest BCUT2D eigenvalue weighted by molar-refractivity contribution is 5.56. The lowest BCUT2D eigenvalue weighted by molar-refractivity contribution is 0.828. The van der Waals surface area contributed by atoms with Gasteiger partial charge in [-0.05, 0) is 56.0 Å². The molecule has 2 heteroatoms. The summed E-state index contributed by atoms with van der Waals surface area (Å²) in [5.41, 5.74) is 11.0. The lowest BCUT2D eigenvalue weighted by atomic mass is 10.00. The maximum atomic E-state index is 5.56. The lowest BCUT2D eigenvalue weighted by Crippen LogP contribution is -2.13. The predicted octanol–water partition coefficient (Wildman–Crippen LogP) is 2.26. The summed E-state index contributed by atoms with van der Waals surface area (Å²) in [6, 6.07) is 4.56. The van der Waals surface area contributed by atoms with Crippen LogP contribution in [0.3, 0.4) is 0 Å². The van der Waals surface area contributed by atoms with Gasteiger partial charge in [-0.3, -0.25) is 0 Å². The fourth-order valence-electron chi connectivity index (χ4n) is 1.77. The van der Waals surface area contributed by atoms with Gasteiger partial charge in [0.1, 0.15) is 0 Å². The molecule has 0 fully saturated rings. The van der Waals surface area contributed by atoms with E-state index in [9.17, 15) is 0 Å². The molecular weight excluding hydrogens is 184 g/mol. The van der Waals surface area contributed by atoms with Crippen molar-refractivity contribution in [2.45, 2.75) is 26.7 Å². The molecule has 15 heavy (non-hydrogen) atoms. The van der Waals surface area contributed by atoms with Crippen molar-refractivity contribution in [3.8, 4) is 0 Å². The van der Waals surface area contributed by atoms with E-state index in [0.717, 1.165) is 19.4 Å². The van der Waals surface area contributed by atoms with Gasteiger partial charge >= 0.3 is 0 Å². The molecule has 0 saturated heterocycles. The van der Waals surface area contributed by atoms with Crippen LogP contribution in [-0.2, 0) is 6.42 Å². The zero-order valence-electron chi connectivity index (χ0n) is 10.3. The molecule has 2 N–H and O–H groups in total. The van der Waals surface area contributed by atoms with Gasteiger partial charge in [-0.2, -0.15) is 0 Å². The molecule has 2 nitrogen and oxygen atoms in total. The summed E-state index contributed by atoms with van der Waals surface area (Å²) < 4.78 is 0. The van der Waals surface area contributed by atoms with Crippen LogP contribution in [0.15, 0.2) is 12.1 Å². The summed E-state index contributed by atoms with van der Waals surface area (Å²) in [6.07, 6.45) is 2.13. The van der Waals surface area contributed by atoms with Crippen molar-refractivity contribution in [1.82, 2.24) is 0 Å². The summed E-state index contributed by atoms with van der Waals surface area (Å²) in [5, 5.41) is 0. The summed E-state index contributed by atoms with van der Waals surface area (Å²) >= 11 is 0. The number of benzene rings is 1. The molecule has 1 aromatic carbocycles. The average molecular weight is 206 g/mol. The molecule has 0 radical (unpaired) electrons. The van der Waals surface area contributed by atoms with Gasteiger partial charge in [0.2, 0.25) is 0 Å². The lowest BCUT2D eigenvalue weighted by Gasteiger charge is -2.19. The van der Waals surface area contributed by atoms with Crippen LogP contribution in [0.4, 0.5) is 5.69 Å². The first kappa shape index (κ1) is 12.1. The van der Waals surface area contributed by atoms with Crippen LogP contribution >= 0.6 is 0 Å². The number of hydrogen-bond donors (Lipinski definition) is 1. The Balaban J connectivity index is 3.04. The van der Waals surface area contributed by atoms with Crippen LogP contribution in [0.5, 0.6) is 0 Å². The highest BCUT2D eigenvalue weighted by Crippen LogP contribution is 2.24. The summed E-state index contributed by atoms with van der Waals surface area (Å²) in [5.74, 6) is 0. The number of hydrogen-bond acceptors (Lipinski definition) is 2. The van der Waals surface area contributed by atoms with Crippen molar-refractivity contribution in [2.75, 3.05) is 25.5 Å². The van der Waals surface area contributed by atoms with Crippen molar-refractivity contribution in [3.63, 3.8) is 0 Å². The molecule has 0 aromatic heterocycles. The van der Waals surface area contributed by atoms with E-state index in [4.69, 9.17) is 5.73 Å².